The van der Waals surface area contributed by atoms with E-state index in [2.05, 4.69) is 5.32 Å². The number of esters is 1. The number of thioether (sulfide) groups is 1. The lowest BCUT2D eigenvalue weighted by molar-refractivity contribution is -0.136. The van der Waals surface area contributed by atoms with Crippen LogP contribution in [0.15, 0.2) is 53.1 Å². The molecule has 1 atom stereocenters. The third kappa shape index (κ3) is 5.00. The number of dihydropyridines is 1. The van der Waals surface area contributed by atoms with E-state index in [1.165, 1.54) is 13.2 Å². The lowest BCUT2D eigenvalue weighted by Gasteiger charge is -2.32. The van der Waals surface area contributed by atoms with Crippen molar-refractivity contribution in [3.05, 3.63) is 63.7 Å². The van der Waals surface area contributed by atoms with Crippen molar-refractivity contribution in [1.29, 1.82) is 0 Å². The van der Waals surface area contributed by atoms with Gasteiger partial charge < -0.3 is 20.5 Å². The van der Waals surface area contributed by atoms with Crippen molar-refractivity contribution >= 4 is 35.3 Å². The zero-order chi connectivity index (χ0) is 20.5. The van der Waals surface area contributed by atoms with Gasteiger partial charge in [0.15, 0.2) is 0 Å². The van der Waals surface area contributed by atoms with Gasteiger partial charge in [0.25, 0.3) is 0 Å². The summed E-state index contributed by atoms with van der Waals surface area (Å²) in [6.07, 6.45) is 1.19. The van der Waals surface area contributed by atoms with Gasteiger partial charge in [-0.05, 0) is 18.6 Å². The fourth-order valence-electron chi connectivity index (χ4n) is 2.96. The Morgan fingerprint density at radius 1 is 1.43 bits per heavy atom. The number of hydrogen-bond acceptors (Lipinski definition) is 7. The molecule has 0 bridgehead atoms. The fraction of sp³-hybridized carbons (Fsp3) is 0.350. The fourth-order valence-corrected chi connectivity index (χ4v) is 3.93. The Kier molecular flexibility index (Phi) is 8.67. The molecule has 28 heavy (non-hydrogen) atoms. The maximum atomic E-state index is 12.7. The average molecular weight is 423 g/mol. The predicted octanol–water partition coefficient (Wildman–Crippen LogP) is 2.78. The number of carbonyl (C=O) groups is 1. The lowest BCUT2D eigenvalue weighted by atomic mass is 9.84. The molecule has 1 aromatic rings. The summed E-state index contributed by atoms with van der Waals surface area (Å²) in [5.41, 5.74) is 7.60. The van der Waals surface area contributed by atoms with Crippen LogP contribution in [0.2, 0.25) is 5.02 Å². The highest BCUT2D eigenvalue weighted by Gasteiger charge is 2.37. The highest BCUT2D eigenvalue weighted by molar-refractivity contribution is 7.99. The molecule has 1 aliphatic rings. The molecule has 0 saturated heterocycles. The number of nitrogens with one attached hydrogen (secondary N) is 1. The summed E-state index contributed by atoms with van der Waals surface area (Å²) in [7, 11) is 1.29. The van der Waals surface area contributed by atoms with Crippen LogP contribution < -0.4 is 11.1 Å². The molecule has 0 amide bonds. The molecular weight excluding hydrogens is 400 g/mol. The molecule has 1 unspecified atom stereocenters. The van der Waals surface area contributed by atoms with E-state index in [1.54, 1.807) is 23.8 Å². The summed E-state index contributed by atoms with van der Waals surface area (Å²) in [5, 5.41) is 3.63. The Bertz CT molecular complexity index is 831. The Hall–Kier alpha value is -2.18. The molecule has 2 rings (SSSR count). The second kappa shape index (κ2) is 11.0. The molecule has 0 aromatic heterocycles. The molecule has 1 heterocycles. The SMILES string of the molecule is CCOC1=C(CSCCN)NC(C=C=O)=C(C(=O)OC)C1c1ccccc1Cl. The number of carbonyl (C=O) groups excluding carboxylic acids is 2. The number of hydrogen-bond donors (Lipinski definition) is 2. The first-order valence-electron chi connectivity index (χ1n) is 8.77. The Morgan fingerprint density at radius 3 is 2.79 bits per heavy atom. The molecule has 1 aromatic carbocycles. The molecule has 0 fully saturated rings. The molecular formula is C20H23ClN2O4S. The molecule has 6 nitrogen and oxygen atoms in total. The summed E-state index contributed by atoms with van der Waals surface area (Å²) in [5.74, 6) is 2.45. The topological polar surface area (TPSA) is 90.6 Å². The van der Waals surface area contributed by atoms with Crippen molar-refractivity contribution in [2.75, 3.05) is 31.8 Å². The first-order valence-corrected chi connectivity index (χ1v) is 10.3. The zero-order valence-electron chi connectivity index (χ0n) is 15.8. The predicted molar refractivity (Wildman–Crippen MR) is 112 cm³/mol. The van der Waals surface area contributed by atoms with Gasteiger partial charge in [0, 0.05) is 29.1 Å². The molecule has 0 aliphatic carbocycles. The summed E-state index contributed by atoms with van der Waals surface area (Å²) in [6.45, 7) is 2.81. The number of nitrogens with two attached hydrogens (primary N) is 1. The van der Waals surface area contributed by atoms with Gasteiger partial charge in [-0.25, -0.2) is 9.59 Å². The van der Waals surface area contributed by atoms with Gasteiger partial charge in [0.1, 0.15) is 11.7 Å². The van der Waals surface area contributed by atoms with Crippen molar-refractivity contribution in [2.45, 2.75) is 12.8 Å². The third-order valence-corrected chi connectivity index (χ3v) is 5.42. The van der Waals surface area contributed by atoms with Crippen LogP contribution in [0.3, 0.4) is 0 Å². The number of ether oxygens (including phenoxy) is 2. The summed E-state index contributed by atoms with van der Waals surface area (Å²) in [4.78, 5) is 23.8. The molecule has 0 radical (unpaired) electrons. The van der Waals surface area contributed by atoms with Gasteiger partial charge in [0.2, 0.25) is 0 Å². The van der Waals surface area contributed by atoms with E-state index in [0.717, 1.165) is 11.4 Å². The van der Waals surface area contributed by atoms with Crippen molar-refractivity contribution in [3.63, 3.8) is 0 Å². The van der Waals surface area contributed by atoms with E-state index < -0.39 is 11.9 Å². The molecule has 150 valence electrons. The number of rotatable bonds is 9. The highest BCUT2D eigenvalue weighted by atomic mass is 35.5. The van der Waals surface area contributed by atoms with Crippen LogP contribution in [0.4, 0.5) is 0 Å². The second-order valence-electron chi connectivity index (χ2n) is 5.78. The summed E-state index contributed by atoms with van der Waals surface area (Å²) >= 11 is 8.07. The first kappa shape index (κ1) is 22.1. The summed E-state index contributed by atoms with van der Waals surface area (Å²) in [6, 6.07) is 7.21. The summed E-state index contributed by atoms with van der Waals surface area (Å²) < 4.78 is 10.9. The third-order valence-electron chi connectivity index (χ3n) is 4.06. The van der Waals surface area contributed by atoms with Crippen LogP contribution in [0, 0.1) is 0 Å². The van der Waals surface area contributed by atoms with Crippen LogP contribution in [-0.4, -0.2) is 43.7 Å². The molecule has 0 saturated carbocycles. The Labute approximate surface area is 173 Å². The van der Waals surface area contributed by atoms with E-state index in [4.69, 9.17) is 26.8 Å². The Morgan fingerprint density at radius 2 is 2.18 bits per heavy atom. The second-order valence-corrected chi connectivity index (χ2v) is 7.29. The van der Waals surface area contributed by atoms with Crippen LogP contribution in [-0.2, 0) is 19.1 Å². The van der Waals surface area contributed by atoms with Gasteiger partial charge in [-0.3, -0.25) is 0 Å². The van der Waals surface area contributed by atoms with Gasteiger partial charge in [-0.1, -0.05) is 29.8 Å². The number of methoxy groups -OCH3 is 1. The van der Waals surface area contributed by atoms with E-state index in [-0.39, 0.29) is 5.57 Å². The standard InChI is InChI=1S/C20H23ClN2O4S/c1-3-27-19-16(12-28-11-9-22)23-15(8-10-24)18(20(25)26-2)17(19)13-6-4-5-7-14(13)21/h4-8,17,23H,3,9,11-12,22H2,1-2H3. The van der Waals surface area contributed by atoms with E-state index in [0.29, 0.717) is 40.9 Å². The molecule has 8 heteroatoms. The van der Waals surface area contributed by atoms with Crippen LogP contribution in [0.25, 0.3) is 0 Å². The van der Waals surface area contributed by atoms with E-state index in [9.17, 15) is 9.59 Å². The molecule has 3 N–H and O–H groups in total. The maximum Gasteiger partial charge on any atom is 0.336 e. The minimum atomic E-state index is -0.615. The van der Waals surface area contributed by atoms with Crippen molar-refractivity contribution < 1.29 is 19.1 Å². The minimum absolute atomic E-state index is 0.245. The van der Waals surface area contributed by atoms with Gasteiger partial charge in [-0.15, -0.1) is 0 Å². The molecule has 0 spiro atoms. The van der Waals surface area contributed by atoms with Crippen LogP contribution >= 0.6 is 23.4 Å². The van der Waals surface area contributed by atoms with Crippen LogP contribution in [0.5, 0.6) is 0 Å². The van der Waals surface area contributed by atoms with Gasteiger partial charge in [0.05, 0.1) is 36.6 Å². The first-order chi connectivity index (χ1) is 13.6. The van der Waals surface area contributed by atoms with Gasteiger partial charge in [-0.2, -0.15) is 11.8 Å². The average Bonchev–Trinajstić information content (AvgIpc) is 2.70. The van der Waals surface area contributed by atoms with Crippen LogP contribution in [0.1, 0.15) is 18.4 Å². The van der Waals surface area contributed by atoms with Gasteiger partial charge >= 0.3 is 5.97 Å². The highest BCUT2D eigenvalue weighted by Crippen LogP contribution is 2.42. The normalized spacial score (nSPS) is 16.4. The largest absolute Gasteiger partial charge is 0.495 e. The molecule has 1 aliphatic heterocycles. The minimum Gasteiger partial charge on any atom is -0.495 e. The van der Waals surface area contributed by atoms with E-state index >= 15 is 0 Å². The van der Waals surface area contributed by atoms with E-state index in [1.807, 2.05) is 25.1 Å². The van der Waals surface area contributed by atoms with Crippen molar-refractivity contribution in [3.8, 4) is 0 Å². The quantitative estimate of drug-likeness (QED) is 0.359. The number of benzene rings is 1. The Balaban J connectivity index is 2.70. The zero-order valence-corrected chi connectivity index (χ0v) is 17.4. The monoisotopic (exact) mass is 422 g/mol. The smallest absolute Gasteiger partial charge is 0.336 e. The maximum absolute atomic E-state index is 12.7. The number of halogens is 1. The van der Waals surface area contributed by atoms with Crippen molar-refractivity contribution in [2.24, 2.45) is 5.73 Å². The lowest BCUT2D eigenvalue weighted by Crippen LogP contribution is -2.32. The number of allylic oxidation sites excluding steroid dienone is 2. The van der Waals surface area contributed by atoms with Crippen molar-refractivity contribution in [1.82, 2.24) is 5.32 Å².